The highest BCUT2D eigenvalue weighted by atomic mass is 16.5. The summed E-state index contributed by atoms with van der Waals surface area (Å²) in [5.41, 5.74) is 0.993. The zero-order valence-corrected chi connectivity index (χ0v) is 14.1. The van der Waals surface area contributed by atoms with Crippen LogP contribution in [0.4, 0.5) is 0 Å². The number of carbonyl (C=O) groups excluding carboxylic acids is 1. The predicted molar refractivity (Wildman–Crippen MR) is 95.3 cm³/mol. The van der Waals surface area contributed by atoms with Crippen LogP contribution in [0.3, 0.4) is 0 Å². The first kappa shape index (κ1) is 17.4. The molecular weight excluding hydrogens is 318 g/mol. The van der Waals surface area contributed by atoms with E-state index in [1.165, 1.54) is 16.2 Å². The van der Waals surface area contributed by atoms with Gasteiger partial charge in [0, 0.05) is 31.9 Å². The summed E-state index contributed by atoms with van der Waals surface area (Å²) in [6.07, 6.45) is 1.62. The van der Waals surface area contributed by atoms with Crippen molar-refractivity contribution in [2.75, 3.05) is 32.8 Å². The Kier molecular flexibility index (Phi) is 5.98. The Bertz CT molecular complexity index is 739. The maximum Gasteiger partial charge on any atom is 0.250 e. The van der Waals surface area contributed by atoms with Crippen molar-refractivity contribution in [3.8, 4) is 0 Å². The number of nitrogens with one attached hydrogen (secondary N) is 1. The normalized spacial score (nSPS) is 16.3. The summed E-state index contributed by atoms with van der Waals surface area (Å²) >= 11 is 0. The van der Waals surface area contributed by atoms with Gasteiger partial charge in [0.1, 0.15) is 6.54 Å². The van der Waals surface area contributed by atoms with Crippen LogP contribution in [0.1, 0.15) is 11.6 Å². The molecule has 1 aliphatic rings. The fourth-order valence-corrected chi connectivity index (χ4v) is 3.03. The number of aromatic nitrogens is 1. The topological polar surface area (TPSA) is 63.6 Å². The minimum atomic E-state index is -0.176. The second-order valence-corrected chi connectivity index (χ2v) is 6.05. The predicted octanol–water partition coefficient (Wildman–Crippen LogP) is 1.04. The minimum absolute atomic E-state index is 0.0320. The van der Waals surface area contributed by atoms with Gasteiger partial charge in [0.2, 0.25) is 5.91 Å². The van der Waals surface area contributed by atoms with E-state index in [0.717, 1.165) is 13.1 Å². The molecule has 0 spiro atoms. The van der Waals surface area contributed by atoms with Gasteiger partial charge in [0.25, 0.3) is 5.56 Å². The molecule has 132 valence electrons. The molecule has 1 amide bonds. The fraction of sp³-hybridized carbons (Fsp3) is 0.368. The molecule has 2 aromatic rings. The maximum absolute atomic E-state index is 12.3. The van der Waals surface area contributed by atoms with Crippen molar-refractivity contribution >= 4 is 5.91 Å². The maximum atomic E-state index is 12.3. The molecule has 6 heteroatoms. The molecule has 1 unspecified atom stereocenters. The monoisotopic (exact) mass is 341 g/mol. The zero-order valence-electron chi connectivity index (χ0n) is 14.1. The first-order chi connectivity index (χ1) is 12.2. The smallest absolute Gasteiger partial charge is 0.250 e. The quantitative estimate of drug-likeness (QED) is 0.853. The number of amides is 1. The SMILES string of the molecule is O=C(Cn1ccccc1=O)NCC(c1ccccc1)N1CCOCC1. The van der Waals surface area contributed by atoms with Crippen LogP contribution in [0, 0.1) is 0 Å². The van der Waals surface area contributed by atoms with Crippen molar-refractivity contribution in [1.82, 2.24) is 14.8 Å². The molecule has 3 rings (SSSR count). The lowest BCUT2D eigenvalue weighted by atomic mass is 10.0. The highest BCUT2D eigenvalue weighted by Gasteiger charge is 2.23. The third-order valence-corrected chi connectivity index (χ3v) is 4.38. The summed E-state index contributed by atoms with van der Waals surface area (Å²) < 4.78 is 6.84. The molecule has 1 fully saturated rings. The van der Waals surface area contributed by atoms with Crippen molar-refractivity contribution in [2.45, 2.75) is 12.6 Å². The van der Waals surface area contributed by atoms with Gasteiger partial charge in [-0.2, -0.15) is 0 Å². The first-order valence-corrected chi connectivity index (χ1v) is 8.53. The van der Waals surface area contributed by atoms with E-state index in [1.54, 1.807) is 18.3 Å². The molecule has 2 heterocycles. The third kappa shape index (κ3) is 4.78. The lowest BCUT2D eigenvalue weighted by Crippen LogP contribution is -2.44. The Morgan fingerprint density at radius 2 is 1.80 bits per heavy atom. The number of carbonyl (C=O) groups is 1. The lowest BCUT2D eigenvalue weighted by Gasteiger charge is -2.35. The van der Waals surface area contributed by atoms with Gasteiger partial charge in [0.15, 0.2) is 0 Å². The summed E-state index contributed by atoms with van der Waals surface area (Å²) in [5, 5.41) is 2.97. The van der Waals surface area contributed by atoms with E-state index in [2.05, 4.69) is 22.3 Å². The molecule has 25 heavy (non-hydrogen) atoms. The molecule has 1 aromatic carbocycles. The van der Waals surface area contributed by atoms with Crippen LogP contribution in [-0.2, 0) is 16.1 Å². The van der Waals surface area contributed by atoms with Crippen molar-refractivity contribution in [3.05, 3.63) is 70.6 Å². The van der Waals surface area contributed by atoms with Crippen molar-refractivity contribution in [3.63, 3.8) is 0 Å². The average molecular weight is 341 g/mol. The van der Waals surface area contributed by atoms with E-state index < -0.39 is 0 Å². The molecule has 0 radical (unpaired) electrons. The number of pyridine rings is 1. The summed E-state index contributed by atoms with van der Waals surface area (Å²) in [6.45, 7) is 3.63. The van der Waals surface area contributed by atoms with E-state index in [-0.39, 0.29) is 24.1 Å². The fourth-order valence-electron chi connectivity index (χ4n) is 3.03. The highest BCUT2D eigenvalue weighted by molar-refractivity contribution is 5.75. The van der Waals surface area contributed by atoms with Crippen LogP contribution in [0.5, 0.6) is 0 Å². The van der Waals surface area contributed by atoms with Crippen LogP contribution < -0.4 is 10.9 Å². The van der Waals surface area contributed by atoms with E-state index in [4.69, 9.17) is 4.74 Å². The van der Waals surface area contributed by atoms with E-state index in [9.17, 15) is 9.59 Å². The second kappa shape index (κ2) is 8.60. The molecule has 0 bridgehead atoms. The van der Waals surface area contributed by atoms with Gasteiger partial charge in [-0.15, -0.1) is 0 Å². The minimum Gasteiger partial charge on any atom is -0.379 e. The summed E-state index contributed by atoms with van der Waals surface area (Å²) in [7, 11) is 0. The standard InChI is InChI=1S/C19H23N3O3/c23-18(15-22-9-5-4-8-19(22)24)20-14-17(16-6-2-1-3-7-16)21-10-12-25-13-11-21/h1-9,17H,10-15H2,(H,20,23). The van der Waals surface area contributed by atoms with Crippen molar-refractivity contribution in [2.24, 2.45) is 0 Å². The molecule has 1 saturated heterocycles. The van der Waals surface area contributed by atoms with Crippen molar-refractivity contribution < 1.29 is 9.53 Å². The lowest BCUT2D eigenvalue weighted by molar-refractivity contribution is -0.122. The van der Waals surface area contributed by atoms with Crippen LogP contribution in [0.2, 0.25) is 0 Å². The highest BCUT2D eigenvalue weighted by Crippen LogP contribution is 2.20. The number of rotatable bonds is 6. The zero-order chi connectivity index (χ0) is 17.5. The van der Waals surface area contributed by atoms with Gasteiger partial charge in [0.05, 0.1) is 19.3 Å². The van der Waals surface area contributed by atoms with Crippen LogP contribution in [0.15, 0.2) is 59.5 Å². The summed E-state index contributed by atoms with van der Waals surface area (Å²) in [6, 6.07) is 15.1. The van der Waals surface area contributed by atoms with Gasteiger partial charge in [-0.3, -0.25) is 14.5 Å². The van der Waals surface area contributed by atoms with Gasteiger partial charge in [-0.05, 0) is 11.6 Å². The van der Waals surface area contributed by atoms with Crippen molar-refractivity contribution in [1.29, 1.82) is 0 Å². The largest absolute Gasteiger partial charge is 0.379 e. The van der Waals surface area contributed by atoms with E-state index in [0.29, 0.717) is 19.8 Å². The summed E-state index contributed by atoms with van der Waals surface area (Å²) in [4.78, 5) is 26.3. The molecule has 1 atom stereocenters. The molecular formula is C19H23N3O3. The Morgan fingerprint density at radius 3 is 2.52 bits per heavy atom. The Hall–Kier alpha value is -2.44. The molecule has 0 saturated carbocycles. The molecule has 1 aliphatic heterocycles. The van der Waals surface area contributed by atoms with Gasteiger partial charge in [-0.1, -0.05) is 36.4 Å². The number of benzene rings is 1. The first-order valence-electron chi connectivity index (χ1n) is 8.53. The van der Waals surface area contributed by atoms with Crippen LogP contribution in [0.25, 0.3) is 0 Å². The van der Waals surface area contributed by atoms with E-state index >= 15 is 0 Å². The van der Waals surface area contributed by atoms with Gasteiger partial charge < -0.3 is 14.6 Å². The van der Waals surface area contributed by atoms with Gasteiger partial charge in [-0.25, -0.2) is 0 Å². The molecule has 1 N–H and O–H groups in total. The number of morpholine rings is 1. The van der Waals surface area contributed by atoms with E-state index in [1.807, 2.05) is 18.2 Å². The number of hydrogen-bond acceptors (Lipinski definition) is 4. The molecule has 6 nitrogen and oxygen atoms in total. The number of ether oxygens (including phenoxy) is 1. The number of nitrogens with zero attached hydrogens (tertiary/aromatic N) is 2. The molecule has 1 aromatic heterocycles. The van der Waals surface area contributed by atoms with Crippen LogP contribution in [-0.4, -0.2) is 48.2 Å². The Morgan fingerprint density at radius 1 is 1.08 bits per heavy atom. The Labute approximate surface area is 147 Å². The van der Waals surface area contributed by atoms with Gasteiger partial charge >= 0.3 is 0 Å². The average Bonchev–Trinajstić information content (AvgIpc) is 2.66. The second-order valence-electron chi connectivity index (χ2n) is 6.05. The molecule has 0 aliphatic carbocycles. The number of hydrogen-bond donors (Lipinski definition) is 1. The Balaban J connectivity index is 1.65. The third-order valence-electron chi connectivity index (χ3n) is 4.38. The summed E-state index contributed by atoms with van der Waals surface area (Å²) in [5.74, 6) is -0.164. The van der Waals surface area contributed by atoms with Crippen LogP contribution >= 0.6 is 0 Å².